The first-order valence-corrected chi connectivity index (χ1v) is 10.9. The number of nitrogens with zero attached hydrogens (tertiary/aromatic N) is 2. The smallest absolute Gasteiger partial charge is 0.325 e. The summed E-state index contributed by atoms with van der Waals surface area (Å²) in [5.41, 5.74) is 0.852. The van der Waals surface area contributed by atoms with Crippen LogP contribution in [-0.2, 0) is 20.7 Å². The summed E-state index contributed by atoms with van der Waals surface area (Å²) in [4.78, 5) is 48.3. The van der Waals surface area contributed by atoms with E-state index in [0.29, 0.717) is 19.0 Å². The molecule has 0 spiro atoms. The number of hydrogen-bond acceptors (Lipinski definition) is 6. The lowest BCUT2D eigenvalue weighted by Crippen LogP contribution is -2.41. The molecule has 0 saturated carbocycles. The van der Waals surface area contributed by atoms with Crippen molar-refractivity contribution in [3.63, 3.8) is 0 Å². The second-order valence-electron chi connectivity index (χ2n) is 7.78. The Labute approximate surface area is 195 Å². The molecular formula is C23H24ClN3O6. The molecule has 1 aliphatic rings. The highest BCUT2D eigenvalue weighted by atomic mass is 35.5. The van der Waals surface area contributed by atoms with Gasteiger partial charge in [-0.1, -0.05) is 41.9 Å². The normalized spacial score (nSPS) is 13.9. The molecule has 1 saturated heterocycles. The third-order valence-electron chi connectivity index (χ3n) is 5.49. The molecule has 0 radical (unpaired) electrons. The van der Waals surface area contributed by atoms with E-state index in [1.165, 1.54) is 17.7 Å². The monoisotopic (exact) mass is 473 g/mol. The number of piperidine rings is 1. The molecule has 2 aromatic rings. The number of hydrogen-bond donors (Lipinski definition) is 1. The van der Waals surface area contributed by atoms with E-state index in [0.717, 1.165) is 25.3 Å². The average Bonchev–Trinajstić information content (AvgIpc) is 2.82. The molecule has 0 bridgehead atoms. The molecule has 2 aromatic carbocycles. The van der Waals surface area contributed by atoms with Gasteiger partial charge in [-0.15, -0.1) is 0 Å². The molecule has 0 aromatic heterocycles. The van der Waals surface area contributed by atoms with Crippen LogP contribution in [0.4, 0.5) is 5.69 Å². The largest absolute Gasteiger partial charge is 0.454 e. The predicted octanol–water partition coefficient (Wildman–Crippen LogP) is 3.00. The van der Waals surface area contributed by atoms with Gasteiger partial charge in [0.05, 0.1) is 4.92 Å². The second-order valence-corrected chi connectivity index (χ2v) is 8.19. The number of rotatable bonds is 8. The molecule has 10 heteroatoms. The first kappa shape index (κ1) is 24.2. The van der Waals surface area contributed by atoms with E-state index in [2.05, 4.69) is 17.4 Å². The lowest BCUT2D eigenvalue weighted by molar-refractivity contribution is -0.384. The van der Waals surface area contributed by atoms with Gasteiger partial charge in [0.15, 0.2) is 6.61 Å². The van der Waals surface area contributed by atoms with Crippen LogP contribution in [0.5, 0.6) is 0 Å². The summed E-state index contributed by atoms with van der Waals surface area (Å²) in [5, 5.41) is 13.1. The third kappa shape index (κ3) is 7.01. The highest BCUT2D eigenvalue weighted by Gasteiger charge is 2.24. The van der Waals surface area contributed by atoms with Crippen molar-refractivity contribution in [3.8, 4) is 0 Å². The number of nitro benzene ring substituents is 1. The molecule has 1 aliphatic heterocycles. The van der Waals surface area contributed by atoms with Gasteiger partial charge in [0, 0.05) is 24.7 Å². The molecule has 0 atom stereocenters. The fraction of sp³-hybridized carbons (Fsp3) is 0.348. The SMILES string of the molecule is O=C(CNC(=O)c1ccc(Cl)c([N+](=O)[O-])c1)OCC(=O)N1CCC(Cc2ccccc2)CC1. The Morgan fingerprint density at radius 2 is 1.82 bits per heavy atom. The topological polar surface area (TPSA) is 119 Å². The summed E-state index contributed by atoms with van der Waals surface area (Å²) in [5.74, 6) is -1.24. The van der Waals surface area contributed by atoms with Crippen LogP contribution >= 0.6 is 11.6 Å². The number of esters is 1. The minimum Gasteiger partial charge on any atom is -0.454 e. The second kappa shape index (κ2) is 11.4. The molecular weight excluding hydrogens is 450 g/mol. The van der Waals surface area contributed by atoms with Crippen LogP contribution in [0.1, 0.15) is 28.8 Å². The lowest BCUT2D eigenvalue weighted by atomic mass is 9.90. The van der Waals surface area contributed by atoms with Crippen LogP contribution in [0.25, 0.3) is 0 Å². The van der Waals surface area contributed by atoms with Crippen molar-refractivity contribution in [1.29, 1.82) is 0 Å². The van der Waals surface area contributed by atoms with Crippen LogP contribution in [0.2, 0.25) is 5.02 Å². The maximum Gasteiger partial charge on any atom is 0.325 e. The van der Waals surface area contributed by atoms with Crippen molar-refractivity contribution < 1.29 is 24.0 Å². The summed E-state index contributed by atoms with van der Waals surface area (Å²) in [7, 11) is 0. The fourth-order valence-electron chi connectivity index (χ4n) is 3.67. The molecule has 0 unspecified atom stereocenters. The Balaban J connectivity index is 1.37. The number of nitro groups is 1. The van der Waals surface area contributed by atoms with Crippen LogP contribution in [0.15, 0.2) is 48.5 Å². The molecule has 174 valence electrons. The van der Waals surface area contributed by atoms with Gasteiger partial charge in [0.1, 0.15) is 11.6 Å². The fourth-order valence-corrected chi connectivity index (χ4v) is 3.85. The summed E-state index contributed by atoms with van der Waals surface area (Å²) in [6.07, 6.45) is 2.75. The molecule has 0 aliphatic carbocycles. The Hall–Kier alpha value is -3.46. The highest BCUT2D eigenvalue weighted by molar-refractivity contribution is 6.32. The highest BCUT2D eigenvalue weighted by Crippen LogP contribution is 2.25. The number of halogens is 1. The Kier molecular flexibility index (Phi) is 8.37. The van der Waals surface area contributed by atoms with Gasteiger partial charge in [0.25, 0.3) is 17.5 Å². The van der Waals surface area contributed by atoms with E-state index >= 15 is 0 Å². The van der Waals surface area contributed by atoms with Gasteiger partial charge in [-0.2, -0.15) is 0 Å². The average molecular weight is 474 g/mol. The van der Waals surface area contributed by atoms with Gasteiger partial charge in [0.2, 0.25) is 0 Å². The number of carbonyl (C=O) groups is 3. The summed E-state index contributed by atoms with van der Waals surface area (Å²) in [6.45, 7) is 0.353. The zero-order valence-corrected chi connectivity index (χ0v) is 18.6. The summed E-state index contributed by atoms with van der Waals surface area (Å²) in [6, 6.07) is 13.8. The number of amides is 2. The van der Waals surface area contributed by atoms with E-state index < -0.39 is 35.6 Å². The zero-order valence-electron chi connectivity index (χ0n) is 17.9. The lowest BCUT2D eigenvalue weighted by Gasteiger charge is -2.32. The van der Waals surface area contributed by atoms with Crippen molar-refractivity contribution in [2.75, 3.05) is 26.2 Å². The molecule has 9 nitrogen and oxygen atoms in total. The van der Waals surface area contributed by atoms with Crippen LogP contribution in [-0.4, -0.2) is 53.8 Å². The van der Waals surface area contributed by atoms with Gasteiger partial charge < -0.3 is 15.0 Å². The Morgan fingerprint density at radius 3 is 2.48 bits per heavy atom. The molecule has 33 heavy (non-hydrogen) atoms. The van der Waals surface area contributed by atoms with Gasteiger partial charge in [-0.25, -0.2) is 0 Å². The number of nitrogens with one attached hydrogen (secondary N) is 1. The minimum absolute atomic E-state index is 0.0200. The zero-order chi connectivity index (χ0) is 23.8. The summed E-state index contributed by atoms with van der Waals surface area (Å²) < 4.78 is 4.97. The molecule has 3 rings (SSSR count). The van der Waals surface area contributed by atoms with Crippen LogP contribution in [0.3, 0.4) is 0 Å². The quantitative estimate of drug-likeness (QED) is 0.357. The summed E-state index contributed by atoms with van der Waals surface area (Å²) >= 11 is 5.72. The molecule has 1 heterocycles. The standard InChI is InChI=1S/C23H24ClN3O6/c24-19-7-6-18(13-20(19)27(31)32)23(30)25-14-22(29)33-15-21(28)26-10-8-17(9-11-26)12-16-4-2-1-3-5-16/h1-7,13,17H,8-12,14-15H2,(H,25,30). The van der Waals surface area contributed by atoms with Crippen molar-refractivity contribution in [2.45, 2.75) is 19.3 Å². The molecule has 1 N–H and O–H groups in total. The number of likely N-dealkylation sites (tertiary alicyclic amines) is 1. The Morgan fingerprint density at radius 1 is 1.12 bits per heavy atom. The number of carbonyl (C=O) groups excluding carboxylic acids is 3. The number of benzene rings is 2. The molecule has 2 amide bonds. The van der Waals surface area contributed by atoms with E-state index in [1.807, 2.05) is 18.2 Å². The first-order valence-electron chi connectivity index (χ1n) is 10.5. The predicted molar refractivity (Wildman–Crippen MR) is 121 cm³/mol. The Bertz CT molecular complexity index is 1020. The third-order valence-corrected chi connectivity index (χ3v) is 5.81. The molecule has 1 fully saturated rings. The van der Waals surface area contributed by atoms with Crippen molar-refractivity contribution >= 4 is 35.1 Å². The van der Waals surface area contributed by atoms with E-state index in [-0.39, 0.29) is 16.5 Å². The van der Waals surface area contributed by atoms with Crippen LogP contribution < -0.4 is 5.32 Å². The van der Waals surface area contributed by atoms with Gasteiger partial charge in [-0.05, 0) is 42.9 Å². The number of ether oxygens (including phenoxy) is 1. The minimum atomic E-state index is -0.779. The van der Waals surface area contributed by atoms with Crippen molar-refractivity contribution in [3.05, 3.63) is 74.8 Å². The van der Waals surface area contributed by atoms with Crippen molar-refractivity contribution in [2.24, 2.45) is 5.92 Å². The van der Waals surface area contributed by atoms with Gasteiger partial charge in [-0.3, -0.25) is 24.5 Å². The first-order chi connectivity index (χ1) is 15.8. The maximum atomic E-state index is 12.3. The van der Waals surface area contributed by atoms with E-state index in [1.54, 1.807) is 4.90 Å². The van der Waals surface area contributed by atoms with Crippen LogP contribution in [0, 0.1) is 16.0 Å². The van der Waals surface area contributed by atoms with Crippen molar-refractivity contribution in [1.82, 2.24) is 10.2 Å². The van der Waals surface area contributed by atoms with E-state index in [4.69, 9.17) is 16.3 Å². The van der Waals surface area contributed by atoms with E-state index in [9.17, 15) is 24.5 Å². The maximum absolute atomic E-state index is 12.3. The van der Waals surface area contributed by atoms with Gasteiger partial charge >= 0.3 is 5.97 Å².